The molecule has 1 spiro atoms. The summed E-state index contributed by atoms with van der Waals surface area (Å²) in [5, 5.41) is 11.6. The topological polar surface area (TPSA) is 99.1 Å². The van der Waals surface area contributed by atoms with E-state index in [1.165, 1.54) is 19.1 Å². The maximum Gasteiger partial charge on any atom is 0.303 e. The molecule has 5 fully saturated rings. The molecule has 1 N–H and O–H groups in total. The van der Waals surface area contributed by atoms with Gasteiger partial charge in [-0.1, -0.05) is 18.6 Å². The standard InChI is InChI=1S/C28H35FO7/c1-16(30)34-15-22(33)28-23(35-26(36-28)9-4-5-10-26)13-20-19-7-6-17-12-18(31)8-11-24(17,2)27(19,29)21(32)14-25(20,28)3/h8,11-12,19-21,23,32H,4-7,9-10,13-15H2,1-3H3/t19-,20-,21-,23+,24+,25-,27-,28+/m0/s1. The van der Waals surface area contributed by atoms with Gasteiger partial charge in [0.2, 0.25) is 5.78 Å². The Bertz CT molecular complexity index is 1090. The lowest BCUT2D eigenvalue weighted by Gasteiger charge is -2.62. The second kappa shape index (κ2) is 7.58. The van der Waals surface area contributed by atoms with Crippen molar-refractivity contribution in [2.24, 2.45) is 22.7 Å². The van der Waals surface area contributed by atoms with Gasteiger partial charge >= 0.3 is 5.97 Å². The summed E-state index contributed by atoms with van der Waals surface area (Å²) >= 11 is 0. The van der Waals surface area contributed by atoms with Crippen LogP contribution in [0.15, 0.2) is 23.8 Å². The van der Waals surface area contributed by atoms with Crippen molar-refractivity contribution in [1.82, 2.24) is 0 Å². The molecule has 6 rings (SSSR count). The molecule has 0 aromatic heterocycles. The Morgan fingerprint density at radius 2 is 1.94 bits per heavy atom. The van der Waals surface area contributed by atoms with Crippen LogP contribution in [0.3, 0.4) is 0 Å². The third-order valence-corrected chi connectivity index (χ3v) is 10.7. The molecule has 1 aliphatic heterocycles. The van der Waals surface area contributed by atoms with Crippen LogP contribution in [0, 0.1) is 22.7 Å². The first-order valence-electron chi connectivity index (χ1n) is 13.3. The van der Waals surface area contributed by atoms with E-state index in [0.717, 1.165) is 12.8 Å². The molecular formula is C28H35FO7. The molecule has 1 saturated heterocycles. The van der Waals surface area contributed by atoms with Crippen molar-refractivity contribution >= 4 is 17.5 Å². The van der Waals surface area contributed by atoms with E-state index >= 15 is 4.39 Å². The SMILES string of the molecule is CC(=O)OCC(=O)[C@@]12OC3(CCCC3)O[C@@H]1C[C@H]1[C@@H]3CCC4=CC(=O)C=C[C@@]4(C)[C@@]3(F)[C@@H](O)C[C@@]12C. The summed E-state index contributed by atoms with van der Waals surface area (Å²) in [5.74, 6) is -2.80. The maximum atomic E-state index is 17.4. The molecule has 196 valence electrons. The lowest BCUT2D eigenvalue weighted by molar-refractivity contribution is -0.253. The van der Waals surface area contributed by atoms with E-state index < -0.39 is 58.6 Å². The molecule has 6 aliphatic rings. The van der Waals surface area contributed by atoms with Crippen LogP contribution in [-0.2, 0) is 28.6 Å². The van der Waals surface area contributed by atoms with Gasteiger partial charge in [0.1, 0.15) is 0 Å². The zero-order chi connectivity index (χ0) is 25.7. The van der Waals surface area contributed by atoms with Gasteiger partial charge in [-0.2, -0.15) is 0 Å². The number of hydrogen-bond acceptors (Lipinski definition) is 7. The Balaban J connectivity index is 1.44. The summed E-state index contributed by atoms with van der Waals surface area (Å²) in [4.78, 5) is 37.5. The molecule has 4 saturated carbocycles. The Morgan fingerprint density at radius 3 is 2.64 bits per heavy atom. The maximum absolute atomic E-state index is 17.4. The third-order valence-electron chi connectivity index (χ3n) is 10.7. The number of carbonyl (C=O) groups is 3. The fourth-order valence-electron chi connectivity index (χ4n) is 9.04. The molecular weight excluding hydrogens is 467 g/mol. The first-order valence-corrected chi connectivity index (χ1v) is 13.3. The average Bonchev–Trinajstić information content (AvgIpc) is 3.47. The number of hydrogen-bond donors (Lipinski definition) is 1. The number of aliphatic hydroxyl groups excluding tert-OH is 1. The normalized spacial score (nSPS) is 48.1. The Labute approximate surface area is 210 Å². The summed E-state index contributed by atoms with van der Waals surface area (Å²) < 4.78 is 35.8. The molecule has 0 bridgehead atoms. The number of ether oxygens (including phenoxy) is 3. The highest BCUT2D eigenvalue weighted by Gasteiger charge is 2.80. The van der Waals surface area contributed by atoms with E-state index in [-0.39, 0.29) is 23.9 Å². The van der Waals surface area contributed by atoms with Crippen molar-refractivity contribution in [2.75, 3.05) is 6.61 Å². The molecule has 8 heteroatoms. The van der Waals surface area contributed by atoms with Crippen LogP contribution >= 0.6 is 0 Å². The van der Waals surface area contributed by atoms with Crippen LogP contribution in [0.5, 0.6) is 0 Å². The molecule has 7 nitrogen and oxygen atoms in total. The number of alkyl halides is 1. The van der Waals surface area contributed by atoms with Gasteiger partial charge in [0.05, 0.1) is 12.2 Å². The molecule has 0 unspecified atom stereocenters. The summed E-state index contributed by atoms with van der Waals surface area (Å²) in [6, 6.07) is 0. The van der Waals surface area contributed by atoms with Crippen molar-refractivity contribution in [3.63, 3.8) is 0 Å². The lowest BCUT2D eigenvalue weighted by Crippen LogP contribution is -2.70. The van der Waals surface area contributed by atoms with E-state index in [1.54, 1.807) is 13.0 Å². The predicted octanol–water partition coefficient (Wildman–Crippen LogP) is 3.52. The highest BCUT2D eigenvalue weighted by atomic mass is 19.1. The second-order valence-electron chi connectivity index (χ2n) is 12.3. The van der Waals surface area contributed by atoms with E-state index in [1.807, 2.05) is 6.92 Å². The fraction of sp³-hybridized carbons (Fsp3) is 0.750. The number of carbonyl (C=O) groups excluding carboxylic acids is 3. The number of allylic oxidation sites excluding steroid dienone is 4. The number of esters is 1. The molecule has 5 aliphatic carbocycles. The van der Waals surface area contributed by atoms with E-state index in [0.29, 0.717) is 37.7 Å². The van der Waals surface area contributed by atoms with E-state index in [9.17, 15) is 19.5 Å². The van der Waals surface area contributed by atoms with Crippen LogP contribution in [0.25, 0.3) is 0 Å². The largest absolute Gasteiger partial charge is 0.458 e. The van der Waals surface area contributed by atoms with Gasteiger partial charge in [0.25, 0.3) is 0 Å². The number of fused-ring (bicyclic) bond motifs is 7. The summed E-state index contributed by atoms with van der Waals surface area (Å²) in [7, 11) is 0. The number of halogens is 1. The Hall–Kier alpha value is -1.90. The molecule has 0 aromatic rings. The lowest BCUT2D eigenvalue weighted by atomic mass is 9.44. The average molecular weight is 503 g/mol. The van der Waals surface area contributed by atoms with Crippen LogP contribution in [0.2, 0.25) is 0 Å². The second-order valence-corrected chi connectivity index (χ2v) is 12.3. The first kappa shape index (κ1) is 24.4. The fourth-order valence-corrected chi connectivity index (χ4v) is 9.04. The molecule has 0 aromatic carbocycles. The summed E-state index contributed by atoms with van der Waals surface area (Å²) in [6.45, 7) is 4.52. The van der Waals surface area contributed by atoms with E-state index in [4.69, 9.17) is 14.2 Å². The number of Topliss-reactive ketones (excluding diaryl/α,β-unsaturated/α-hetero) is 1. The third kappa shape index (κ3) is 2.81. The molecule has 0 amide bonds. The highest BCUT2D eigenvalue weighted by molar-refractivity contribution is 6.01. The zero-order valence-electron chi connectivity index (χ0n) is 21.2. The van der Waals surface area contributed by atoms with Gasteiger partial charge in [0.15, 0.2) is 29.4 Å². The minimum absolute atomic E-state index is 0.0110. The Kier molecular flexibility index (Phi) is 5.14. The number of aliphatic hydroxyl groups is 1. The Morgan fingerprint density at radius 1 is 1.22 bits per heavy atom. The molecule has 0 radical (unpaired) electrons. The minimum atomic E-state index is -2.00. The van der Waals surface area contributed by atoms with Gasteiger partial charge < -0.3 is 19.3 Å². The van der Waals surface area contributed by atoms with Crippen molar-refractivity contribution < 1.29 is 38.1 Å². The monoisotopic (exact) mass is 502 g/mol. The highest BCUT2D eigenvalue weighted by Crippen LogP contribution is 2.73. The van der Waals surface area contributed by atoms with Crippen molar-refractivity contribution in [3.8, 4) is 0 Å². The predicted molar refractivity (Wildman–Crippen MR) is 125 cm³/mol. The van der Waals surface area contributed by atoms with Gasteiger partial charge in [0, 0.05) is 36.5 Å². The van der Waals surface area contributed by atoms with Gasteiger partial charge in [-0.05, 0) is 63.5 Å². The number of ketones is 2. The molecule has 36 heavy (non-hydrogen) atoms. The quantitative estimate of drug-likeness (QED) is 0.590. The smallest absolute Gasteiger partial charge is 0.303 e. The summed E-state index contributed by atoms with van der Waals surface area (Å²) in [5.41, 5.74) is -4.72. The van der Waals surface area contributed by atoms with Gasteiger partial charge in [-0.3, -0.25) is 14.4 Å². The van der Waals surface area contributed by atoms with Crippen LogP contribution in [-0.4, -0.2) is 58.5 Å². The van der Waals surface area contributed by atoms with Crippen LogP contribution in [0.4, 0.5) is 4.39 Å². The summed E-state index contributed by atoms with van der Waals surface area (Å²) in [6.07, 6.45) is 7.23. The van der Waals surface area contributed by atoms with E-state index in [2.05, 4.69) is 0 Å². The molecule has 1 heterocycles. The van der Waals surface area contributed by atoms with Gasteiger partial charge in [-0.25, -0.2) is 4.39 Å². The van der Waals surface area contributed by atoms with Crippen molar-refractivity contribution in [2.45, 2.75) is 101 Å². The minimum Gasteiger partial charge on any atom is -0.458 e. The zero-order valence-corrected chi connectivity index (χ0v) is 21.2. The van der Waals surface area contributed by atoms with Gasteiger partial charge in [-0.15, -0.1) is 0 Å². The number of rotatable bonds is 3. The van der Waals surface area contributed by atoms with Crippen molar-refractivity contribution in [3.05, 3.63) is 23.8 Å². The van der Waals surface area contributed by atoms with Crippen LogP contribution < -0.4 is 0 Å². The molecule has 8 atom stereocenters. The first-order chi connectivity index (χ1) is 16.9. The van der Waals surface area contributed by atoms with Crippen LogP contribution in [0.1, 0.15) is 72.1 Å². The van der Waals surface area contributed by atoms with Crippen molar-refractivity contribution in [1.29, 1.82) is 0 Å².